The van der Waals surface area contributed by atoms with E-state index in [4.69, 9.17) is 14.2 Å². The fourth-order valence-electron chi connectivity index (χ4n) is 6.52. The number of carbonyl (C=O) groups is 2. The maximum atomic E-state index is 13.9. The van der Waals surface area contributed by atoms with Gasteiger partial charge in [0.05, 0.1) is 11.6 Å². The van der Waals surface area contributed by atoms with Crippen molar-refractivity contribution in [2.75, 3.05) is 26.2 Å². The molecule has 2 atom stereocenters. The minimum absolute atomic E-state index is 0.127. The van der Waals surface area contributed by atoms with Gasteiger partial charge in [-0.2, -0.15) is 13.2 Å². The molecule has 6 rings (SSSR count). The number of hydrogen-bond acceptors (Lipinski definition) is 5. The van der Waals surface area contributed by atoms with Crippen LogP contribution in [0.2, 0.25) is 0 Å². The number of carbonyl (C=O) groups excluding carboxylic acids is 2. The zero-order valence-electron chi connectivity index (χ0n) is 27.7. The normalized spacial score (nSPS) is 16.8. The molecule has 10 heteroatoms. The first-order valence-electron chi connectivity index (χ1n) is 16.4. The predicted octanol–water partition coefficient (Wildman–Crippen LogP) is 9.09. The average molecular weight is 673 g/mol. The van der Waals surface area contributed by atoms with Crippen molar-refractivity contribution >= 4 is 12.2 Å². The summed E-state index contributed by atoms with van der Waals surface area (Å²) in [5, 5.41) is 0. The molecule has 4 aromatic rings. The summed E-state index contributed by atoms with van der Waals surface area (Å²) in [5.41, 5.74) is 3.70. The molecule has 2 unspecified atom stereocenters. The molecule has 1 aliphatic carbocycles. The highest BCUT2D eigenvalue weighted by Gasteiger charge is 2.38. The molecule has 0 aromatic heterocycles. The van der Waals surface area contributed by atoms with Crippen molar-refractivity contribution in [1.82, 2.24) is 9.80 Å². The largest absolute Gasteiger partial charge is 0.486 e. The zero-order valence-corrected chi connectivity index (χ0v) is 27.7. The lowest BCUT2D eigenvalue weighted by Crippen LogP contribution is -2.57. The van der Waals surface area contributed by atoms with Crippen LogP contribution in [0.4, 0.5) is 22.8 Å². The van der Waals surface area contributed by atoms with Crippen molar-refractivity contribution in [2.45, 2.75) is 57.0 Å². The van der Waals surface area contributed by atoms with Gasteiger partial charge < -0.3 is 24.0 Å². The van der Waals surface area contributed by atoms with Crippen LogP contribution < -0.4 is 4.74 Å². The SMILES string of the molecule is CC(C)(C)OC(=O)N1CCN(C(=O)OCC2c3ccccc3-c3ccccc32)C(CC(Oc2ccc(C(F)(F)F)cc2)c2ccccc2)C1. The van der Waals surface area contributed by atoms with E-state index in [1.54, 1.807) is 30.6 Å². The Hall–Kier alpha value is -4.99. The Balaban J connectivity index is 1.25. The number of halogens is 3. The number of hydrogen-bond donors (Lipinski definition) is 0. The lowest BCUT2D eigenvalue weighted by molar-refractivity contribution is -0.137. The fourth-order valence-corrected chi connectivity index (χ4v) is 6.52. The van der Waals surface area contributed by atoms with Crippen molar-refractivity contribution in [1.29, 1.82) is 0 Å². The third kappa shape index (κ3) is 7.85. The Kier molecular flexibility index (Phi) is 9.59. The van der Waals surface area contributed by atoms with Gasteiger partial charge in [-0.1, -0.05) is 78.9 Å². The van der Waals surface area contributed by atoms with Gasteiger partial charge >= 0.3 is 18.4 Å². The summed E-state index contributed by atoms with van der Waals surface area (Å²) in [5.74, 6) is 0.118. The van der Waals surface area contributed by atoms with Gasteiger partial charge in [-0.25, -0.2) is 9.59 Å². The van der Waals surface area contributed by atoms with Crippen LogP contribution >= 0.6 is 0 Å². The Morgan fingerprint density at radius 1 is 0.776 bits per heavy atom. The van der Waals surface area contributed by atoms with E-state index in [9.17, 15) is 22.8 Å². The molecule has 1 aliphatic heterocycles. The monoisotopic (exact) mass is 672 g/mol. The third-order valence-corrected chi connectivity index (χ3v) is 8.82. The van der Waals surface area contributed by atoms with Gasteiger partial charge in [0.25, 0.3) is 0 Å². The van der Waals surface area contributed by atoms with E-state index >= 15 is 0 Å². The van der Waals surface area contributed by atoms with E-state index in [0.717, 1.165) is 39.9 Å². The van der Waals surface area contributed by atoms with Gasteiger partial charge in [-0.3, -0.25) is 0 Å². The number of rotatable bonds is 7. The molecule has 2 aliphatic rings. The molecule has 1 heterocycles. The lowest BCUT2D eigenvalue weighted by atomic mass is 9.98. The van der Waals surface area contributed by atoms with E-state index in [2.05, 4.69) is 24.3 Å². The van der Waals surface area contributed by atoms with E-state index in [-0.39, 0.29) is 44.3 Å². The summed E-state index contributed by atoms with van der Waals surface area (Å²) in [6, 6.07) is 29.4. The molecule has 4 aromatic carbocycles. The Labute approximate surface area is 284 Å². The van der Waals surface area contributed by atoms with Crippen LogP contribution in [0.15, 0.2) is 103 Å². The highest BCUT2D eigenvalue weighted by Crippen LogP contribution is 2.44. The molecule has 1 saturated heterocycles. The zero-order chi connectivity index (χ0) is 34.8. The van der Waals surface area contributed by atoms with Crippen LogP contribution in [-0.4, -0.2) is 59.9 Å². The molecule has 0 radical (unpaired) electrons. The Morgan fingerprint density at radius 3 is 1.96 bits per heavy atom. The van der Waals surface area contributed by atoms with Gasteiger partial charge in [0.2, 0.25) is 0 Å². The molecule has 256 valence electrons. The summed E-state index contributed by atoms with van der Waals surface area (Å²) >= 11 is 0. The summed E-state index contributed by atoms with van der Waals surface area (Å²) in [7, 11) is 0. The van der Waals surface area contributed by atoms with Crippen molar-refractivity contribution in [3.63, 3.8) is 0 Å². The maximum Gasteiger partial charge on any atom is 0.416 e. The van der Waals surface area contributed by atoms with E-state index in [0.29, 0.717) is 0 Å². The number of benzene rings is 4. The first-order chi connectivity index (χ1) is 23.4. The molecule has 49 heavy (non-hydrogen) atoms. The van der Waals surface area contributed by atoms with Crippen LogP contribution in [0, 0.1) is 0 Å². The van der Waals surface area contributed by atoms with E-state index in [1.165, 1.54) is 12.1 Å². The first-order valence-corrected chi connectivity index (χ1v) is 16.4. The summed E-state index contributed by atoms with van der Waals surface area (Å²) in [4.78, 5) is 30.3. The topological polar surface area (TPSA) is 68.3 Å². The minimum atomic E-state index is -4.48. The molecule has 1 fully saturated rings. The van der Waals surface area contributed by atoms with Gasteiger partial charge in [-0.15, -0.1) is 0 Å². The Morgan fingerprint density at radius 2 is 1.37 bits per heavy atom. The highest BCUT2D eigenvalue weighted by atomic mass is 19.4. The fraction of sp³-hybridized carbons (Fsp3) is 0.333. The summed E-state index contributed by atoms with van der Waals surface area (Å²) < 4.78 is 57.8. The molecule has 0 N–H and O–H groups in total. The number of alkyl halides is 3. The molecular weight excluding hydrogens is 633 g/mol. The molecule has 7 nitrogen and oxygen atoms in total. The van der Waals surface area contributed by atoms with Gasteiger partial charge in [0.15, 0.2) is 0 Å². The van der Waals surface area contributed by atoms with Gasteiger partial charge in [0, 0.05) is 32.0 Å². The predicted molar refractivity (Wildman–Crippen MR) is 179 cm³/mol. The number of piperazine rings is 1. The Bertz CT molecular complexity index is 1730. The lowest BCUT2D eigenvalue weighted by Gasteiger charge is -2.42. The van der Waals surface area contributed by atoms with Gasteiger partial charge in [-0.05, 0) is 72.9 Å². The maximum absolute atomic E-state index is 13.9. The van der Waals surface area contributed by atoms with Crippen molar-refractivity contribution in [3.05, 3.63) is 125 Å². The van der Waals surface area contributed by atoms with Crippen LogP contribution in [-0.2, 0) is 15.7 Å². The summed E-state index contributed by atoms with van der Waals surface area (Å²) in [6.45, 7) is 6.10. The van der Waals surface area contributed by atoms with Crippen molar-refractivity contribution < 1.29 is 37.0 Å². The molecule has 0 spiro atoms. The van der Waals surface area contributed by atoms with Crippen LogP contribution in [0.5, 0.6) is 5.75 Å². The van der Waals surface area contributed by atoms with E-state index < -0.39 is 41.7 Å². The average Bonchev–Trinajstić information content (AvgIpc) is 3.40. The van der Waals surface area contributed by atoms with Crippen molar-refractivity contribution in [2.24, 2.45) is 0 Å². The number of nitrogens with zero attached hydrogens (tertiary/aromatic N) is 2. The van der Waals surface area contributed by atoms with E-state index in [1.807, 2.05) is 54.6 Å². The second kappa shape index (κ2) is 13.9. The molecule has 0 bridgehead atoms. The highest BCUT2D eigenvalue weighted by molar-refractivity contribution is 5.79. The first kappa shape index (κ1) is 33.9. The quantitative estimate of drug-likeness (QED) is 0.196. The number of fused-ring (bicyclic) bond motifs is 3. The molecular formula is C39H39F3N2O5. The summed E-state index contributed by atoms with van der Waals surface area (Å²) in [6.07, 6.45) is -5.92. The smallest absolute Gasteiger partial charge is 0.416 e. The second-order valence-electron chi connectivity index (χ2n) is 13.4. The standard InChI is InChI=1S/C39H39F3N2O5/c1-38(2,3)49-36(45)43-21-22-44(37(46)47-25-34-32-15-9-7-13-30(32)31-14-8-10-16-33(31)34)28(24-43)23-35(26-11-5-4-6-12-26)48-29-19-17-27(18-20-29)39(40,41)42/h4-20,28,34-35H,21-25H2,1-3H3. The second-order valence-corrected chi connectivity index (χ2v) is 13.4. The molecule has 2 amide bonds. The van der Waals surface area contributed by atoms with Crippen molar-refractivity contribution in [3.8, 4) is 16.9 Å². The van der Waals surface area contributed by atoms with Gasteiger partial charge in [0.1, 0.15) is 24.1 Å². The molecule has 0 saturated carbocycles. The minimum Gasteiger partial charge on any atom is -0.486 e. The third-order valence-electron chi connectivity index (χ3n) is 8.82. The number of amides is 2. The van der Waals surface area contributed by atoms with Crippen LogP contribution in [0.3, 0.4) is 0 Å². The number of ether oxygens (including phenoxy) is 3. The van der Waals surface area contributed by atoms with Crippen LogP contribution in [0.25, 0.3) is 11.1 Å². The van der Waals surface area contributed by atoms with Crippen LogP contribution in [0.1, 0.15) is 61.5 Å².